The van der Waals surface area contributed by atoms with Gasteiger partial charge in [-0.3, -0.25) is 0 Å². The molecule has 0 spiro atoms. The molecule has 0 fully saturated rings. The second kappa shape index (κ2) is 7.60. The summed E-state index contributed by atoms with van der Waals surface area (Å²) in [6.07, 6.45) is -0.959. The van der Waals surface area contributed by atoms with E-state index in [4.69, 9.17) is 16.7 Å². The summed E-state index contributed by atoms with van der Waals surface area (Å²) < 4.78 is 37.9. The lowest BCUT2D eigenvalue weighted by molar-refractivity contribution is -0.137. The summed E-state index contributed by atoms with van der Waals surface area (Å²) in [7, 11) is 0. The van der Waals surface area contributed by atoms with E-state index in [1.165, 1.54) is 12.1 Å². The number of unbranched alkanes of at least 4 members (excludes halogenated alkanes) is 3. The zero-order valence-corrected chi connectivity index (χ0v) is 11.2. The number of anilines is 1. The number of nitrogens with one attached hydrogen (secondary N) is 1. The molecule has 0 saturated carbocycles. The van der Waals surface area contributed by atoms with Crippen LogP contribution in [-0.4, -0.2) is 18.3 Å². The number of halogens is 4. The summed E-state index contributed by atoms with van der Waals surface area (Å²) in [5, 5.41) is 11.2. The molecule has 1 rings (SSSR count). The van der Waals surface area contributed by atoms with Gasteiger partial charge >= 0.3 is 6.18 Å². The Morgan fingerprint density at radius 3 is 2.42 bits per heavy atom. The van der Waals surface area contributed by atoms with E-state index in [2.05, 4.69) is 5.32 Å². The lowest BCUT2D eigenvalue weighted by atomic mass is 10.1. The summed E-state index contributed by atoms with van der Waals surface area (Å²) in [6.45, 7) is 0.782. The number of hydrogen-bond donors (Lipinski definition) is 2. The minimum absolute atomic E-state index is 0.180. The van der Waals surface area contributed by atoms with Crippen LogP contribution in [0.2, 0.25) is 5.02 Å². The Balaban J connectivity index is 2.47. The van der Waals surface area contributed by atoms with Gasteiger partial charge in [0.2, 0.25) is 0 Å². The second-order valence-electron chi connectivity index (χ2n) is 4.26. The maximum Gasteiger partial charge on any atom is 0.417 e. The Bertz CT molecular complexity index is 396. The Morgan fingerprint density at radius 2 is 1.79 bits per heavy atom. The van der Waals surface area contributed by atoms with Crippen molar-refractivity contribution in [2.24, 2.45) is 0 Å². The smallest absolute Gasteiger partial charge is 0.396 e. The first-order chi connectivity index (χ1) is 8.95. The van der Waals surface area contributed by atoms with E-state index in [1.807, 2.05) is 0 Å². The lowest BCUT2D eigenvalue weighted by Gasteiger charge is -2.12. The molecule has 2 N–H and O–H groups in total. The van der Waals surface area contributed by atoms with Crippen LogP contribution >= 0.6 is 11.6 Å². The van der Waals surface area contributed by atoms with E-state index in [1.54, 1.807) is 0 Å². The molecule has 0 unspecified atom stereocenters. The largest absolute Gasteiger partial charge is 0.417 e. The van der Waals surface area contributed by atoms with Gasteiger partial charge in [-0.15, -0.1) is 0 Å². The Kier molecular flexibility index (Phi) is 6.45. The number of aliphatic hydroxyl groups excluding tert-OH is 1. The van der Waals surface area contributed by atoms with Gasteiger partial charge in [-0.1, -0.05) is 24.4 Å². The van der Waals surface area contributed by atoms with Crippen LogP contribution in [0, 0.1) is 0 Å². The first-order valence-electron chi connectivity index (χ1n) is 6.16. The predicted molar refractivity (Wildman–Crippen MR) is 70.5 cm³/mol. The molecule has 19 heavy (non-hydrogen) atoms. The molecule has 6 heteroatoms. The standard InChI is InChI=1S/C13H17ClF3NO/c14-12-6-5-10(9-11(12)13(15,16)17)18-7-3-1-2-4-8-19/h5-6,9,18-19H,1-4,7-8H2. The predicted octanol–water partition coefficient (Wildman–Crippen LogP) is 4.32. The van der Waals surface area contributed by atoms with Gasteiger partial charge in [0, 0.05) is 18.8 Å². The Hall–Kier alpha value is -0.940. The third-order valence-corrected chi connectivity index (χ3v) is 3.02. The molecule has 0 bridgehead atoms. The fourth-order valence-corrected chi connectivity index (χ4v) is 1.90. The molecule has 0 amide bonds. The molecule has 0 heterocycles. The zero-order chi connectivity index (χ0) is 14.3. The molecule has 0 aromatic heterocycles. The van der Waals surface area contributed by atoms with Crippen molar-refractivity contribution in [3.8, 4) is 0 Å². The van der Waals surface area contributed by atoms with Gasteiger partial charge in [0.15, 0.2) is 0 Å². The number of rotatable bonds is 7. The second-order valence-corrected chi connectivity index (χ2v) is 4.66. The molecule has 0 atom stereocenters. The van der Waals surface area contributed by atoms with Crippen LogP contribution in [0.15, 0.2) is 18.2 Å². The summed E-state index contributed by atoms with van der Waals surface area (Å²) >= 11 is 5.53. The number of hydrogen-bond acceptors (Lipinski definition) is 2. The fourth-order valence-electron chi connectivity index (χ4n) is 1.68. The molecule has 108 valence electrons. The van der Waals surface area contributed by atoms with E-state index in [0.717, 1.165) is 31.7 Å². The van der Waals surface area contributed by atoms with Crippen LogP contribution in [0.4, 0.5) is 18.9 Å². The maximum absolute atomic E-state index is 12.6. The number of aliphatic hydroxyl groups is 1. The van der Waals surface area contributed by atoms with Gasteiger partial charge in [0.1, 0.15) is 0 Å². The van der Waals surface area contributed by atoms with E-state index in [0.29, 0.717) is 12.2 Å². The van der Waals surface area contributed by atoms with Crippen LogP contribution in [0.1, 0.15) is 31.2 Å². The fraction of sp³-hybridized carbons (Fsp3) is 0.538. The van der Waals surface area contributed by atoms with Crippen LogP contribution in [-0.2, 0) is 6.18 Å². The first-order valence-corrected chi connectivity index (χ1v) is 6.54. The molecule has 0 radical (unpaired) electrons. The van der Waals surface area contributed by atoms with Gasteiger partial charge < -0.3 is 10.4 Å². The van der Waals surface area contributed by atoms with Crippen LogP contribution < -0.4 is 5.32 Å². The maximum atomic E-state index is 12.6. The molecule has 1 aromatic rings. The average Bonchev–Trinajstić information content (AvgIpc) is 2.34. The highest BCUT2D eigenvalue weighted by Gasteiger charge is 2.33. The summed E-state index contributed by atoms with van der Waals surface area (Å²) in [5.74, 6) is 0. The normalized spacial score (nSPS) is 11.6. The van der Waals surface area contributed by atoms with Crippen molar-refractivity contribution in [2.75, 3.05) is 18.5 Å². The molecule has 0 aliphatic heterocycles. The van der Waals surface area contributed by atoms with E-state index in [9.17, 15) is 13.2 Å². The molecular formula is C13H17ClF3NO. The highest BCUT2D eigenvalue weighted by molar-refractivity contribution is 6.31. The Labute approximate surface area is 115 Å². The molecular weight excluding hydrogens is 279 g/mol. The summed E-state index contributed by atoms with van der Waals surface area (Å²) in [5.41, 5.74) is -0.404. The monoisotopic (exact) mass is 295 g/mol. The van der Waals surface area contributed by atoms with E-state index >= 15 is 0 Å². The van der Waals surface area contributed by atoms with E-state index < -0.39 is 11.7 Å². The van der Waals surface area contributed by atoms with Crippen molar-refractivity contribution in [2.45, 2.75) is 31.9 Å². The molecule has 0 aliphatic carbocycles. The average molecular weight is 296 g/mol. The zero-order valence-electron chi connectivity index (χ0n) is 10.4. The number of alkyl halides is 3. The number of benzene rings is 1. The van der Waals surface area contributed by atoms with Gasteiger partial charge in [-0.05, 0) is 31.0 Å². The first kappa shape index (κ1) is 16.1. The third kappa shape index (κ3) is 5.70. The highest BCUT2D eigenvalue weighted by atomic mass is 35.5. The topological polar surface area (TPSA) is 32.3 Å². The third-order valence-electron chi connectivity index (χ3n) is 2.69. The van der Waals surface area contributed by atoms with Crippen LogP contribution in [0.3, 0.4) is 0 Å². The minimum atomic E-state index is -4.43. The van der Waals surface area contributed by atoms with Gasteiger partial charge in [0.25, 0.3) is 0 Å². The quantitative estimate of drug-likeness (QED) is 0.734. The minimum Gasteiger partial charge on any atom is -0.396 e. The summed E-state index contributed by atoms with van der Waals surface area (Å²) in [6, 6.07) is 3.81. The van der Waals surface area contributed by atoms with Crippen LogP contribution in [0.5, 0.6) is 0 Å². The van der Waals surface area contributed by atoms with Crippen molar-refractivity contribution in [3.63, 3.8) is 0 Å². The Morgan fingerprint density at radius 1 is 1.11 bits per heavy atom. The van der Waals surface area contributed by atoms with Gasteiger partial charge in [-0.25, -0.2) is 0 Å². The van der Waals surface area contributed by atoms with Crippen molar-refractivity contribution in [3.05, 3.63) is 28.8 Å². The van der Waals surface area contributed by atoms with Crippen molar-refractivity contribution in [1.29, 1.82) is 0 Å². The molecule has 2 nitrogen and oxygen atoms in total. The molecule has 0 aliphatic rings. The van der Waals surface area contributed by atoms with Gasteiger partial charge in [-0.2, -0.15) is 13.2 Å². The summed E-state index contributed by atoms with van der Waals surface area (Å²) in [4.78, 5) is 0. The SMILES string of the molecule is OCCCCCCNc1ccc(Cl)c(C(F)(F)F)c1. The lowest BCUT2D eigenvalue weighted by Crippen LogP contribution is -2.08. The van der Waals surface area contributed by atoms with Gasteiger partial charge in [0.05, 0.1) is 10.6 Å². The molecule has 0 saturated heterocycles. The molecule has 1 aromatic carbocycles. The van der Waals surface area contributed by atoms with Crippen molar-refractivity contribution >= 4 is 17.3 Å². The van der Waals surface area contributed by atoms with Crippen LogP contribution in [0.25, 0.3) is 0 Å². The van der Waals surface area contributed by atoms with Crippen molar-refractivity contribution in [1.82, 2.24) is 0 Å². The van der Waals surface area contributed by atoms with E-state index in [-0.39, 0.29) is 11.6 Å². The van der Waals surface area contributed by atoms with Crippen molar-refractivity contribution < 1.29 is 18.3 Å². The highest BCUT2D eigenvalue weighted by Crippen LogP contribution is 2.36.